The maximum atomic E-state index is 12.6. The summed E-state index contributed by atoms with van der Waals surface area (Å²) in [7, 11) is 0. The molecular formula is C21H20N2O4. The summed E-state index contributed by atoms with van der Waals surface area (Å²) in [4.78, 5) is 32.4. The monoisotopic (exact) mass is 364 g/mol. The highest BCUT2D eigenvalue weighted by atomic mass is 16.6. The van der Waals surface area contributed by atoms with Crippen LogP contribution in [-0.2, 0) is 28.2 Å². The molecule has 0 fully saturated rings. The number of hydrogen-bond acceptors (Lipinski definition) is 5. The van der Waals surface area contributed by atoms with E-state index >= 15 is 0 Å². The Labute approximate surface area is 155 Å². The number of fused-ring (bicyclic) bond motifs is 2. The van der Waals surface area contributed by atoms with Gasteiger partial charge in [-0.15, -0.1) is 0 Å². The number of carbonyl (C=O) groups excluding carboxylic acids is 1. The first-order valence-corrected chi connectivity index (χ1v) is 9.03. The van der Waals surface area contributed by atoms with Crippen LogP contribution >= 0.6 is 0 Å². The molecule has 3 heterocycles. The molecule has 0 spiro atoms. The Kier molecular flexibility index (Phi) is 4.08. The van der Waals surface area contributed by atoms with E-state index < -0.39 is 11.6 Å². The highest BCUT2D eigenvalue weighted by molar-refractivity contribution is 5.85. The summed E-state index contributed by atoms with van der Waals surface area (Å²) >= 11 is 0. The number of H-pyrrole nitrogens is 1. The topological polar surface area (TPSA) is 92.3 Å². The minimum atomic E-state index is -1.82. The molecule has 0 aliphatic carbocycles. The van der Waals surface area contributed by atoms with Gasteiger partial charge in [0.1, 0.15) is 6.61 Å². The predicted molar refractivity (Wildman–Crippen MR) is 101 cm³/mol. The van der Waals surface area contributed by atoms with Gasteiger partial charge in [-0.25, -0.2) is 9.78 Å². The van der Waals surface area contributed by atoms with Crippen molar-refractivity contribution in [2.24, 2.45) is 0 Å². The van der Waals surface area contributed by atoms with Crippen molar-refractivity contribution in [1.82, 2.24) is 9.97 Å². The number of aliphatic hydroxyl groups is 1. The number of cyclic esters (lactones) is 1. The van der Waals surface area contributed by atoms with Crippen LogP contribution in [0.15, 0.2) is 41.2 Å². The fraction of sp³-hybridized carbons (Fsp3) is 0.286. The Morgan fingerprint density at radius 3 is 2.74 bits per heavy atom. The number of hydrogen-bond donors (Lipinski definition) is 2. The summed E-state index contributed by atoms with van der Waals surface area (Å²) in [5.74, 6) is -0.726. The summed E-state index contributed by atoms with van der Waals surface area (Å²) in [5.41, 5.74) is 1.31. The van der Waals surface area contributed by atoms with Crippen LogP contribution in [-0.4, -0.2) is 21.0 Å². The number of nitrogens with zero attached hydrogens (tertiary/aromatic N) is 1. The molecule has 1 aliphatic rings. The zero-order valence-corrected chi connectivity index (χ0v) is 15.2. The molecule has 1 aromatic carbocycles. The van der Waals surface area contributed by atoms with E-state index in [1.807, 2.05) is 31.2 Å². The zero-order chi connectivity index (χ0) is 19.2. The van der Waals surface area contributed by atoms with E-state index in [2.05, 4.69) is 11.1 Å². The van der Waals surface area contributed by atoms with Gasteiger partial charge in [-0.05, 0) is 36.6 Å². The van der Waals surface area contributed by atoms with Crippen LogP contribution in [0.2, 0.25) is 0 Å². The van der Waals surface area contributed by atoms with E-state index in [1.54, 1.807) is 13.0 Å². The standard InChI is InChI=1S/C21H20N2O4/c1-3-12-9-13-7-5-6-8-16(13)22-18(12)17-10-15-14(19(24)23-17)11-27-20(25)21(15,26)4-2/h5-10,26H,3-4,11H2,1-2H3,(H,23,24)/t21-/m1/s1. The van der Waals surface area contributed by atoms with Gasteiger partial charge in [0.15, 0.2) is 5.60 Å². The zero-order valence-electron chi connectivity index (χ0n) is 15.2. The average Bonchev–Trinajstić information content (AvgIpc) is 2.69. The SMILES string of the molecule is CCc1cc2ccccc2nc1-c1cc2c(c(=O)[nH]1)COC(=O)[C@@]2(O)CC. The number of rotatable bonds is 3. The fourth-order valence-electron chi connectivity index (χ4n) is 3.59. The number of aromatic amines is 1. The molecule has 138 valence electrons. The third kappa shape index (κ3) is 2.64. The quantitative estimate of drug-likeness (QED) is 0.697. The second-order valence-corrected chi connectivity index (χ2v) is 6.74. The van der Waals surface area contributed by atoms with Crippen molar-refractivity contribution in [3.63, 3.8) is 0 Å². The molecule has 0 saturated carbocycles. The highest BCUT2D eigenvalue weighted by Crippen LogP contribution is 2.35. The number of benzene rings is 1. The first-order chi connectivity index (χ1) is 13.0. The Hall–Kier alpha value is -2.99. The third-order valence-corrected chi connectivity index (χ3v) is 5.22. The number of pyridine rings is 2. The smallest absolute Gasteiger partial charge is 0.343 e. The van der Waals surface area contributed by atoms with Crippen LogP contribution in [0.25, 0.3) is 22.3 Å². The highest BCUT2D eigenvalue weighted by Gasteiger charge is 2.44. The summed E-state index contributed by atoms with van der Waals surface area (Å²) in [6.45, 7) is 3.56. The third-order valence-electron chi connectivity index (χ3n) is 5.22. The Balaban J connectivity index is 1.99. The first-order valence-electron chi connectivity index (χ1n) is 9.03. The van der Waals surface area contributed by atoms with E-state index in [0.717, 1.165) is 22.9 Å². The first kappa shape index (κ1) is 17.4. The van der Waals surface area contributed by atoms with Gasteiger partial charge in [0.2, 0.25) is 0 Å². The van der Waals surface area contributed by atoms with Crippen molar-refractivity contribution in [2.45, 2.75) is 38.9 Å². The van der Waals surface area contributed by atoms with Crippen LogP contribution in [0, 0.1) is 0 Å². The van der Waals surface area contributed by atoms with E-state index in [0.29, 0.717) is 17.0 Å². The van der Waals surface area contributed by atoms with E-state index in [4.69, 9.17) is 9.72 Å². The lowest BCUT2D eigenvalue weighted by Crippen LogP contribution is -2.43. The molecule has 0 radical (unpaired) electrons. The Morgan fingerprint density at radius 2 is 2.00 bits per heavy atom. The summed E-state index contributed by atoms with van der Waals surface area (Å²) in [6, 6.07) is 11.5. The number of carbonyl (C=O) groups is 1. The van der Waals surface area contributed by atoms with Gasteiger partial charge in [0.05, 0.1) is 22.5 Å². The van der Waals surface area contributed by atoms with Crippen LogP contribution in [0.3, 0.4) is 0 Å². The number of ether oxygens (including phenoxy) is 1. The van der Waals surface area contributed by atoms with Crippen molar-refractivity contribution in [3.05, 3.63) is 63.4 Å². The van der Waals surface area contributed by atoms with Crippen LogP contribution < -0.4 is 5.56 Å². The number of nitrogens with one attached hydrogen (secondary N) is 1. The second kappa shape index (κ2) is 6.32. The van der Waals surface area contributed by atoms with Crippen LogP contribution in [0.5, 0.6) is 0 Å². The summed E-state index contributed by atoms with van der Waals surface area (Å²) in [5, 5.41) is 11.9. The number of para-hydroxylation sites is 1. The molecule has 0 bridgehead atoms. The second-order valence-electron chi connectivity index (χ2n) is 6.74. The van der Waals surface area contributed by atoms with Crippen molar-refractivity contribution in [2.75, 3.05) is 0 Å². The number of aryl methyl sites for hydroxylation is 1. The van der Waals surface area contributed by atoms with Crippen molar-refractivity contribution in [1.29, 1.82) is 0 Å². The van der Waals surface area contributed by atoms with Crippen LogP contribution in [0.1, 0.15) is 37.0 Å². The molecule has 6 heteroatoms. The molecule has 1 aliphatic heterocycles. The normalized spacial score (nSPS) is 19.0. The molecule has 0 saturated heterocycles. The number of esters is 1. The van der Waals surface area contributed by atoms with Crippen molar-refractivity contribution >= 4 is 16.9 Å². The maximum Gasteiger partial charge on any atom is 0.343 e. The molecule has 2 aromatic heterocycles. The molecule has 6 nitrogen and oxygen atoms in total. The average molecular weight is 364 g/mol. The minimum absolute atomic E-state index is 0.119. The lowest BCUT2D eigenvalue weighted by Gasteiger charge is -2.31. The lowest BCUT2D eigenvalue weighted by molar-refractivity contribution is -0.172. The van der Waals surface area contributed by atoms with Gasteiger partial charge in [-0.2, -0.15) is 0 Å². The molecule has 1 atom stereocenters. The van der Waals surface area contributed by atoms with E-state index in [1.165, 1.54) is 0 Å². The Morgan fingerprint density at radius 1 is 1.22 bits per heavy atom. The van der Waals surface area contributed by atoms with Gasteiger partial charge in [0, 0.05) is 10.9 Å². The largest absolute Gasteiger partial charge is 0.458 e. The predicted octanol–water partition coefficient (Wildman–Crippen LogP) is 2.81. The molecule has 27 heavy (non-hydrogen) atoms. The maximum absolute atomic E-state index is 12.6. The van der Waals surface area contributed by atoms with Gasteiger partial charge in [0.25, 0.3) is 5.56 Å². The summed E-state index contributed by atoms with van der Waals surface area (Å²) < 4.78 is 5.02. The molecule has 0 unspecified atom stereocenters. The van der Waals surface area contributed by atoms with Gasteiger partial charge in [-0.1, -0.05) is 32.0 Å². The van der Waals surface area contributed by atoms with E-state index in [9.17, 15) is 14.7 Å². The molecule has 4 rings (SSSR count). The molecular weight excluding hydrogens is 344 g/mol. The minimum Gasteiger partial charge on any atom is -0.458 e. The van der Waals surface area contributed by atoms with Gasteiger partial charge < -0.3 is 14.8 Å². The molecule has 2 N–H and O–H groups in total. The van der Waals surface area contributed by atoms with Crippen LogP contribution in [0.4, 0.5) is 0 Å². The fourth-order valence-corrected chi connectivity index (χ4v) is 3.59. The van der Waals surface area contributed by atoms with Gasteiger partial charge in [-0.3, -0.25) is 4.79 Å². The van der Waals surface area contributed by atoms with Gasteiger partial charge >= 0.3 is 5.97 Å². The van der Waals surface area contributed by atoms with E-state index in [-0.39, 0.29) is 24.2 Å². The Bertz CT molecular complexity index is 1120. The molecule has 0 amide bonds. The lowest BCUT2D eigenvalue weighted by atomic mass is 9.86. The number of aromatic nitrogens is 2. The van der Waals surface area contributed by atoms with Crippen molar-refractivity contribution < 1.29 is 14.6 Å². The van der Waals surface area contributed by atoms with Crippen molar-refractivity contribution in [3.8, 4) is 11.4 Å². The summed E-state index contributed by atoms with van der Waals surface area (Å²) in [6.07, 6.45) is 0.847. The molecule has 3 aromatic rings.